The van der Waals surface area contributed by atoms with E-state index in [2.05, 4.69) is 0 Å². The molecule has 0 aliphatic rings. The van der Waals surface area contributed by atoms with Gasteiger partial charge < -0.3 is 9.64 Å². The van der Waals surface area contributed by atoms with Crippen LogP contribution in [0.25, 0.3) is 6.08 Å². The predicted octanol–water partition coefficient (Wildman–Crippen LogP) is 4.45. The lowest BCUT2D eigenvalue weighted by molar-refractivity contribution is -0.125. The number of benzene rings is 2. The first-order valence-corrected chi connectivity index (χ1v) is 9.12. The van der Waals surface area contributed by atoms with Gasteiger partial charge in [-0.3, -0.25) is 9.59 Å². The van der Waals surface area contributed by atoms with Crippen LogP contribution in [0.5, 0.6) is 5.75 Å². The minimum atomic E-state index is -0.537. The molecule has 27 heavy (non-hydrogen) atoms. The van der Waals surface area contributed by atoms with Crippen LogP contribution >= 0.6 is 0 Å². The third-order valence-electron chi connectivity index (χ3n) is 4.71. The smallest absolute Gasteiger partial charge is 0.246 e. The van der Waals surface area contributed by atoms with Crippen LogP contribution in [-0.4, -0.2) is 36.3 Å². The van der Waals surface area contributed by atoms with Gasteiger partial charge in [-0.15, -0.1) is 0 Å². The van der Waals surface area contributed by atoms with Crippen molar-refractivity contribution in [2.45, 2.75) is 33.7 Å². The summed E-state index contributed by atoms with van der Waals surface area (Å²) in [6.07, 6.45) is 3.22. The monoisotopic (exact) mass is 365 g/mol. The summed E-state index contributed by atoms with van der Waals surface area (Å²) in [5, 5.41) is 0. The van der Waals surface area contributed by atoms with E-state index >= 15 is 0 Å². The van der Waals surface area contributed by atoms with Crippen molar-refractivity contribution in [2.75, 3.05) is 13.7 Å². The Hall–Kier alpha value is -2.88. The van der Waals surface area contributed by atoms with Crippen LogP contribution < -0.4 is 4.74 Å². The van der Waals surface area contributed by atoms with Crippen molar-refractivity contribution in [3.8, 4) is 5.75 Å². The lowest BCUT2D eigenvalue weighted by Crippen LogP contribution is -2.39. The van der Waals surface area contributed by atoms with Gasteiger partial charge in [0.1, 0.15) is 5.75 Å². The third kappa shape index (κ3) is 5.30. The predicted molar refractivity (Wildman–Crippen MR) is 109 cm³/mol. The number of nitrogens with zero attached hydrogens (tertiary/aromatic N) is 1. The maximum atomic E-state index is 12.7. The molecule has 0 spiro atoms. The first kappa shape index (κ1) is 20.4. The molecule has 0 aromatic heterocycles. The number of ketones is 1. The van der Waals surface area contributed by atoms with Gasteiger partial charge in [-0.2, -0.15) is 0 Å². The minimum absolute atomic E-state index is 0.0663. The van der Waals surface area contributed by atoms with E-state index in [1.54, 1.807) is 20.0 Å². The highest BCUT2D eigenvalue weighted by molar-refractivity contribution is 6.03. The second kappa shape index (κ2) is 9.17. The van der Waals surface area contributed by atoms with Crippen LogP contribution in [0.3, 0.4) is 0 Å². The molecule has 0 fully saturated rings. The maximum absolute atomic E-state index is 12.7. The van der Waals surface area contributed by atoms with E-state index in [0.29, 0.717) is 12.2 Å². The van der Waals surface area contributed by atoms with Gasteiger partial charge in [0.25, 0.3) is 0 Å². The van der Waals surface area contributed by atoms with Crippen molar-refractivity contribution in [1.29, 1.82) is 0 Å². The lowest BCUT2D eigenvalue weighted by atomic mass is 10.00. The van der Waals surface area contributed by atoms with Crippen LogP contribution in [0.15, 0.2) is 48.5 Å². The molecule has 0 heterocycles. The average molecular weight is 365 g/mol. The van der Waals surface area contributed by atoms with Crippen LogP contribution in [0.2, 0.25) is 0 Å². The molecule has 1 amide bonds. The zero-order valence-corrected chi connectivity index (χ0v) is 16.7. The number of Topliss-reactive ketones (excluding diaryl/α,β-unsaturated/α-hetero) is 1. The molecule has 1 unspecified atom stereocenters. The Balaban J connectivity index is 2.04. The molecule has 1 atom stereocenters. The highest BCUT2D eigenvalue weighted by Gasteiger charge is 2.22. The first-order valence-electron chi connectivity index (χ1n) is 9.12. The highest BCUT2D eigenvalue weighted by Crippen LogP contribution is 2.15. The number of likely N-dealkylation sites (N-methyl/N-ethyl adjacent to an activating group) is 1. The van der Waals surface area contributed by atoms with Gasteiger partial charge in [-0.25, -0.2) is 0 Å². The molecule has 0 saturated heterocycles. The zero-order valence-electron chi connectivity index (χ0n) is 16.7. The number of rotatable bonds is 7. The summed E-state index contributed by atoms with van der Waals surface area (Å²) in [5.41, 5.74) is 3.73. The summed E-state index contributed by atoms with van der Waals surface area (Å²) in [6, 6.07) is 12.6. The van der Waals surface area contributed by atoms with Crippen molar-refractivity contribution >= 4 is 17.8 Å². The molecular formula is C23H27NO3. The number of carbonyl (C=O) groups excluding carboxylic acids is 2. The van der Waals surface area contributed by atoms with Crippen LogP contribution in [0.1, 0.15) is 40.9 Å². The topological polar surface area (TPSA) is 46.6 Å². The van der Waals surface area contributed by atoms with Gasteiger partial charge in [0.2, 0.25) is 5.91 Å². The van der Waals surface area contributed by atoms with Crippen LogP contribution in [0, 0.1) is 13.8 Å². The molecule has 0 bridgehead atoms. The number of ether oxygens (including phenoxy) is 1. The molecular weight excluding hydrogens is 338 g/mol. The molecule has 0 aliphatic heterocycles. The second-order valence-corrected chi connectivity index (χ2v) is 6.62. The number of amides is 1. The van der Waals surface area contributed by atoms with Crippen LogP contribution in [-0.2, 0) is 4.79 Å². The van der Waals surface area contributed by atoms with E-state index in [4.69, 9.17) is 4.74 Å². The molecule has 0 radical (unpaired) electrons. The highest BCUT2D eigenvalue weighted by atomic mass is 16.5. The molecule has 2 rings (SSSR count). The molecule has 4 heteroatoms. The van der Waals surface area contributed by atoms with Crippen molar-refractivity contribution in [2.24, 2.45) is 0 Å². The van der Waals surface area contributed by atoms with E-state index in [1.807, 2.05) is 63.2 Å². The summed E-state index contributed by atoms with van der Waals surface area (Å²) in [7, 11) is 1.65. The van der Waals surface area contributed by atoms with Gasteiger partial charge in [0, 0.05) is 18.7 Å². The van der Waals surface area contributed by atoms with E-state index in [9.17, 15) is 9.59 Å². The van der Waals surface area contributed by atoms with E-state index in [-0.39, 0.29) is 11.7 Å². The molecule has 0 N–H and O–H groups in total. The minimum Gasteiger partial charge on any atom is -0.494 e. The summed E-state index contributed by atoms with van der Waals surface area (Å²) in [5.74, 6) is 0.516. The maximum Gasteiger partial charge on any atom is 0.246 e. The quantitative estimate of drug-likeness (QED) is 0.538. The molecule has 2 aromatic rings. The van der Waals surface area contributed by atoms with Crippen molar-refractivity contribution in [1.82, 2.24) is 4.90 Å². The lowest BCUT2D eigenvalue weighted by Gasteiger charge is -2.23. The number of carbonyl (C=O) groups is 2. The van der Waals surface area contributed by atoms with Crippen LogP contribution in [0.4, 0.5) is 0 Å². The Morgan fingerprint density at radius 1 is 1.07 bits per heavy atom. The fourth-order valence-corrected chi connectivity index (χ4v) is 2.63. The summed E-state index contributed by atoms with van der Waals surface area (Å²) < 4.78 is 5.40. The Labute approximate surface area is 161 Å². The molecule has 0 aliphatic carbocycles. The number of hydrogen-bond donors (Lipinski definition) is 0. The molecule has 2 aromatic carbocycles. The normalized spacial score (nSPS) is 12.0. The van der Waals surface area contributed by atoms with E-state index in [1.165, 1.54) is 11.0 Å². The standard InChI is InChI=1S/C23H27NO3/c1-6-27-21-12-8-19(9-13-21)10-14-22(25)24(5)18(4)23(26)20-11-7-16(2)17(3)15-20/h7-15,18H,6H2,1-5H3/b14-10+. The average Bonchev–Trinajstić information content (AvgIpc) is 2.67. The fraction of sp³-hybridized carbons (Fsp3) is 0.304. The van der Waals surface area contributed by atoms with Crippen molar-refractivity contribution < 1.29 is 14.3 Å². The van der Waals surface area contributed by atoms with Gasteiger partial charge in [0.05, 0.1) is 12.6 Å². The first-order chi connectivity index (χ1) is 12.8. The molecule has 4 nitrogen and oxygen atoms in total. The summed E-state index contributed by atoms with van der Waals surface area (Å²) >= 11 is 0. The third-order valence-corrected chi connectivity index (χ3v) is 4.71. The number of aryl methyl sites for hydroxylation is 2. The number of hydrogen-bond acceptors (Lipinski definition) is 3. The van der Waals surface area contributed by atoms with Gasteiger partial charge in [0.15, 0.2) is 5.78 Å². The summed E-state index contributed by atoms with van der Waals surface area (Å²) in [4.78, 5) is 26.6. The molecule has 142 valence electrons. The van der Waals surface area contributed by atoms with E-state index in [0.717, 1.165) is 22.4 Å². The Kier molecular flexibility index (Phi) is 6.94. The second-order valence-electron chi connectivity index (χ2n) is 6.62. The zero-order chi connectivity index (χ0) is 20.0. The Morgan fingerprint density at radius 3 is 2.33 bits per heavy atom. The Bertz CT molecular complexity index is 837. The van der Waals surface area contributed by atoms with Crippen molar-refractivity contribution in [3.63, 3.8) is 0 Å². The van der Waals surface area contributed by atoms with Gasteiger partial charge >= 0.3 is 0 Å². The van der Waals surface area contributed by atoms with Gasteiger partial charge in [-0.1, -0.05) is 24.3 Å². The van der Waals surface area contributed by atoms with Crippen molar-refractivity contribution in [3.05, 3.63) is 70.8 Å². The van der Waals surface area contributed by atoms with E-state index < -0.39 is 6.04 Å². The molecule has 0 saturated carbocycles. The fourth-order valence-electron chi connectivity index (χ4n) is 2.63. The Morgan fingerprint density at radius 2 is 1.74 bits per heavy atom. The summed E-state index contributed by atoms with van der Waals surface area (Å²) in [6.45, 7) is 8.29. The van der Waals surface area contributed by atoms with Gasteiger partial charge in [-0.05, 0) is 68.7 Å². The largest absolute Gasteiger partial charge is 0.494 e. The SMILES string of the molecule is CCOc1ccc(/C=C/C(=O)N(C)C(C)C(=O)c2ccc(C)c(C)c2)cc1.